The van der Waals surface area contributed by atoms with Gasteiger partial charge in [-0.15, -0.1) is 0 Å². The number of ether oxygens (including phenoxy) is 1. The number of carbonyl (C=O) groups is 1. The minimum Gasteiger partial charge on any atom is -0.493 e. The number of allylic oxidation sites excluding steroid dienone is 1. The van der Waals surface area contributed by atoms with E-state index in [4.69, 9.17) is 9.15 Å². The summed E-state index contributed by atoms with van der Waals surface area (Å²) in [5.74, 6) is 0.618. The fraction of sp³-hybridized carbons (Fsp3) is 0.258. The van der Waals surface area contributed by atoms with Crippen molar-refractivity contribution in [2.24, 2.45) is 0 Å². The number of amides is 1. The lowest BCUT2D eigenvalue weighted by Gasteiger charge is -2.12. The van der Waals surface area contributed by atoms with Crippen LogP contribution in [0.2, 0.25) is 0 Å². The maximum Gasteiger partial charge on any atom is 0.244 e. The number of aryl methyl sites for hydroxylation is 3. The molecule has 4 nitrogen and oxygen atoms in total. The van der Waals surface area contributed by atoms with Gasteiger partial charge in [-0.3, -0.25) is 4.79 Å². The van der Waals surface area contributed by atoms with Crippen LogP contribution >= 0.6 is 0 Å². The number of carbonyl (C=O) groups excluding carboxylic acids is 1. The Balaban J connectivity index is 1.56. The number of benzene rings is 3. The van der Waals surface area contributed by atoms with E-state index in [1.165, 1.54) is 16.7 Å². The topological polar surface area (TPSA) is 51.5 Å². The van der Waals surface area contributed by atoms with Gasteiger partial charge in [0, 0.05) is 35.2 Å². The monoisotopic (exact) mass is 467 g/mol. The first-order valence-corrected chi connectivity index (χ1v) is 12.2. The highest BCUT2D eigenvalue weighted by molar-refractivity contribution is 6.00. The maximum atomic E-state index is 12.6. The van der Waals surface area contributed by atoms with E-state index < -0.39 is 0 Å². The molecule has 4 rings (SSSR count). The SMILES string of the molecule is CCOc1cc2occ(-c3ccc(C)cc3C)c2cc1/C(C)=C/C(=O)NCCCc1ccccc1. The van der Waals surface area contributed by atoms with Crippen molar-refractivity contribution in [2.45, 2.75) is 40.5 Å². The molecular formula is C31H33NO3. The number of hydrogen-bond acceptors (Lipinski definition) is 3. The third-order valence-corrected chi connectivity index (χ3v) is 6.20. The van der Waals surface area contributed by atoms with Crippen LogP contribution in [0.25, 0.3) is 27.7 Å². The second kappa shape index (κ2) is 11.1. The molecule has 35 heavy (non-hydrogen) atoms. The van der Waals surface area contributed by atoms with Crippen molar-refractivity contribution in [3.8, 4) is 16.9 Å². The molecule has 0 atom stereocenters. The van der Waals surface area contributed by atoms with E-state index in [0.29, 0.717) is 18.9 Å². The van der Waals surface area contributed by atoms with Crippen LogP contribution in [0, 0.1) is 13.8 Å². The van der Waals surface area contributed by atoms with Gasteiger partial charge in [-0.05, 0) is 68.9 Å². The quantitative estimate of drug-likeness (QED) is 0.208. The van der Waals surface area contributed by atoms with E-state index >= 15 is 0 Å². The fourth-order valence-electron chi connectivity index (χ4n) is 4.44. The third-order valence-electron chi connectivity index (χ3n) is 6.20. The van der Waals surface area contributed by atoms with Crippen LogP contribution in [0.4, 0.5) is 0 Å². The van der Waals surface area contributed by atoms with Crippen LogP contribution in [0.5, 0.6) is 5.75 Å². The summed E-state index contributed by atoms with van der Waals surface area (Å²) in [6, 6.07) is 20.7. The van der Waals surface area contributed by atoms with Gasteiger partial charge in [0.25, 0.3) is 0 Å². The molecule has 180 valence electrons. The van der Waals surface area contributed by atoms with Crippen molar-refractivity contribution >= 4 is 22.4 Å². The van der Waals surface area contributed by atoms with Crippen LogP contribution in [-0.4, -0.2) is 19.1 Å². The first-order chi connectivity index (χ1) is 17.0. The lowest BCUT2D eigenvalue weighted by Crippen LogP contribution is -2.22. The molecule has 0 radical (unpaired) electrons. The summed E-state index contributed by atoms with van der Waals surface area (Å²) in [6.45, 7) is 9.27. The lowest BCUT2D eigenvalue weighted by molar-refractivity contribution is -0.116. The van der Waals surface area contributed by atoms with Gasteiger partial charge in [-0.1, -0.05) is 54.1 Å². The summed E-state index contributed by atoms with van der Waals surface area (Å²) in [4.78, 5) is 12.6. The molecule has 0 saturated heterocycles. The smallest absolute Gasteiger partial charge is 0.244 e. The third kappa shape index (κ3) is 5.83. The van der Waals surface area contributed by atoms with Gasteiger partial charge in [0.1, 0.15) is 11.3 Å². The number of rotatable bonds is 9. The average molecular weight is 468 g/mol. The second-order valence-corrected chi connectivity index (χ2v) is 8.95. The number of fused-ring (bicyclic) bond motifs is 1. The zero-order valence-corrected chi connectivity index (χ0v) is 21.0. The Hall–Kier alpha value is -3.79. The van der Waals surface area contributed by atoms with Crippen molar-refractivity contribution in [1.82, 2.24) is 5.32 Å². The molecule has 4 heteroatoms. The number of hydrogen-bond donors (Lipinski definition) is 1. The van der Waals surface area contributed by atoms with Crippen molar-refractivity contribution < 1.29 is 13.9 Å². The van der Waals surface area contributed by atoms with E-state index in [-0.39, 0.29) is 5.91 Å². The van der Waals surface area contributed by atoms with Crippen LogP contribution < -0.4 is 10.1 Å². The molecule has 1 heterocycles. The van der Waals surface area contributed by atoms with E-state index in [1.807, 2.05) is 38.1 Å². The normalized spacial score (nSPS) is 11.6. The number of nitrogens with one attached hydrogen (secondary N) is 1. The van der Waals surface area contributed by atoms with Crippen molar-refractivity contribution in [2.75, 3.05) is 13.2 Å². The van der Waals surface area contributed by atoms with Crippen molar-refractivity contribution in [3.05, 3.63) is 95.3 Å². The zero-order valence-electron chi connectivity index (χ0n) is 21.0. The average Bonchev–Trinajstić information content (AvgIpc) is 3.25. The largest absolute Gasteiger partial charge is 0.493 e. The molecule has 4 aromatic rings. The highest BCUT2D eigenvalue weighted by atomic mass is 16.5. The van der Waals surface area contributed by atoms with Gasteiger partial charge in [-0.25, -0.2) is 0 Å². The molecule has 0 aliphatic carbocycles. The Morgan fingerprint density at radius 1 is 1.03 bits per heavy atom. The molecule has 0 aliphatic rings. The minimum absolute atomic E-state index is 0.0973. The fourth-order valence-corrected chi connectivity index (χ4v) is 4.44. The van der Waals surface area contributed by atoms with Crippen LogP contribution in [0.15, 0.2) is 77.4 Å². The lowest BCUT2D eigenvalue weighted by atomic mass is 9.96. The van der Waals surface area contributed by atoms with Gasteiger partial charge < -0.3 is 14.5 Å². The van der Waals surface area contributed by atoms with Gasteiger partial charge in [0.15, 0.2) is 0 Å². The Kier molecular flexibility index (Phi) is 7.71. The molecule has 0 spiro atoms. The van der Waals surface area contributed by atoms with E-state index in [1.54, 1.807) is 12.3 Å². The van der Waals surface area contributed by atoms with Gasteiger partial charge in [0.2, 0.25) is 5.91 Å². The molecule has 0 bridgehead atoms. The van der Waals surface area contributed by atoms with E-state index in [0.717, 1.165) is 46.1 Å². The minimum atomic E-state index is -0.0973. The van der Waals surface area contributed by atoms with Gasteiger partial charge in [-0.2, -0.15) is 0 Å². The molecule has 1 aromatic heterocycles. The molecule has 0 unspecified atom stereocenters. The van der Waals surface area contributed by atoms with Gasteiger partial charge in [0.05, 0.1) is 12.9 Å². The summed E-state index contributed by atoms with van der Waals surface area (Å²) in [7, 11) is 0. The standard InChI is InChI=1S/C31H33NO3/c1-5-34-29-19-30-27(28(20-35-30)25-14-13-21(2)16-22(25)3)18-26(29)23(4)17-31(33)32-15-9-12-24-10-7-6-8-11-24/h6-8,10-11,13-14,16-20H,5,9,12,15H2,1-4H3,(H,32,33)/b23-17+. The molecule has 1 N–H and O–H groups in total. The summed E-state index contributed by atoms with van der Waals surface area (Å²) < 4.78 is 11.8. The summed E-state index contributed by atoms with van der Waals surface area (Å²) >= 11 is 0. The van der Waals surface area contributed by atoms with Crippen LogP contribution in [0.1, 0.15) is 42.5 Å². The Labute approximate surface area is 207 Å². The van der Waals surface area contributed by atoms with Crippen LogP contribution in [0.3, 0.4) is 0 Å². The maximum absolute atomic E-state index is 12.6. The molecule has 0 aliphatic heterocycles. The highest BCUT2D eigenvalue weighted by Gasteiger charge is 2.16. The molecular weight excluding hydrogens is 434 g/mol. The second-order valence-electron chi connectivity index (χ2n) is 8.95. The summed E-state index contributed by atoms with van der Waals surface area (Å²) in [5, 5.41) is 4.02. The first-order valence-electron chi connectivity index (χ1n) is 12.2. The molecule has 0 saturated carbocycles. The van der Waals surface area contributed by atoms with E-state index in [9.17, 15) is 4.79 Å². The predicted octanol–water partition coefficient (Wildman–Crippen LogP) is 7.27. The number of furan rings is 1. The Morgan fingerprint density at radius 2 is 1.83 bits per heavy atom. The Bertz CT molecular complexity index is 1350. The van der Waals surface area contributed by atoms with Crippen LogP contribution in [-0.2, 0) is 11.2 Å². The first kappa shape index (κ1) is 24.3. The summed E-state index contributed by atoms with van der Waals surface area (Å²) in [5.41, 5.74) is 8.41. The van der Waals surface area contributed by atoms with Crippen molar-refractivity contribution in [3.63, 3.8) is 0 Å². The Morgan fingerprint density at radius 3 is 2.57 bits per heavy atom. The highest BCUT2D eigenvalue weighted by Crippen LogP contribution is 2.38. The molecule has 1 amide bonds. The molecule has 0 fully saturated rings. The predicted molar refractivity (Wildman–Crippen MR) is 144 cm³/mol. The summed E-state index contributed by atoms with van der Waals surface area (Å²) in [6.07, 6.45) is 5.30. The zero-order chi connectivity index (χ0) is 24.8. The van der Waals surface area contributed by atoms with Crippen molar-refractivity contribution in [1.29, 1.82) is 0 Å². The van der Waals surface area contributed by atoms with Gasteiger partial charge >= 0.3 is 0 Å². The van der Waals surface area contributed by atoms with E-state index in [2.05, 4.69) is 55.6 Å². The molecule has 3 aromatic carbocycles.